The first kappa shape index (κ1) is 12.5. The van der Waals surface area contributed by atoms with E-state index in [1.807, 2.05) is 0 Å². The molecule has 9 heteroatoms. The van der Waals surface area contributed by atoms with Crippen LogP contribution < -0.4 is 5.32 Å². The summed E-state index contributed by atoms with van der Waals surface area (Å²) in [6, 6.07) is 1.75. The Labute approximate surface area is 117 Å². The van der Waals surface area contributed by atoms with E-state index in [2.05, 4.69) is 20.3 Å². The van der Waals surface area contributed by atoms with Crippen molar-refractivity contribution in [3.8, 4) is 0 Å². The highest BCUT2D eigenvalue weighted by molar-refractivity contribution is 7.15. The molecule has 0 atom stereocenters. The minimum absolute atomic E-state index is 0.0629. The van der Waals surface area contributed by atoms with Gasteiger partial charge in [0.2, 0.25) is 5.82 Å². The molecule has 0 aliphatic rings. The first-order chi connectivity index (χ1) is 9.65. The van der Waals surface area contributed by atoms with Crippen molar-refractivity contribution in [3.63, 3.8) is 0 Å². The molecule has 0 aliphatic heterocycles. The largest absolute Gasteiger partial charge is 0.372 e. The number of anilines is 1. The average molecular weight is 290 g/mol. The second-order valence-electron chi connectivity index (χ2n) is 4.05. The van der Waals surface area contributed by atoms with Crippen LogP contribution >= 0.6 is 11.3 Å². The molecule has 3 aromatic rings. The van der Waals surface area contributed by atoms with E-state index in [1.165, 1.54) is 15.7 Å². The molecule has 20 heavy (non-hydrogen) atoms. The average Bonchev–Trinajstić information content (AvgIpc) is 2.95. The molecule has 0 aliphatic carbocycles. The van der Waals surface area contributed by atoms with Crippen LogP contribution in [0.25, 0.3) is 4.96 Å². The zero-order chi connectivity index (χ0) is 14.1. The van der Waals surface area contributed by atoms with Crippen molar-refractivity contribution >= 4 is 27.9 Å². The van der Waals surface area contributed by atoms with Crippen molar-refractivity contribution in [2.75, 3.05) is 5.32 Å². The third kappa shape index (κ3) is 2.18. The molecule has 0 unspecified atom stereocenters. The van der Waals surface area contributed by atoms with Crippen LogP contribution in [0.3, 0.4) is 0 Å². The first-order valence-corrected chi connectivity index (χ1v) is 6.65. The normalized spacial score (nSPS) is 10.8. The molecule has 0 radical (unpaired) electrons. The highest BCUT2D eigenvalue weighted by Crippen LogP contribution is 2.28. The topological polar surface area (TPSA) is 98.2 Å². The summed E-state index contributed by atoms with van der Waals surface area (Å²) in [5.41, 5.74) is 0.753. The molecule has 3 heterocycles. The number of aryl methyl sites for hydroxylation is 1. The lowest BCUT2D eigenvalue weighted by Gasteiger charge is -2.03. The van der Waals surface area contributed by atoms with Crippen molar-refractivity contribution in [1.29, 1.82) is 0 Å². The standard InChI is InChI=1S/C11H10N6O2S/c1-7-12-3-2-8(14-7)6-13-9-10(17(18)19)16-4-5-20-11(16)15-9/h2-5,13H,6H2,1H3. The number of nitro groups is 1. The molecular weight excluding hydrogens is 280 g/mol. The molecule has 8 nitrogen and oxygen atoms in total. The molecule has 0 bridgehead atoms. The lowest BCUT2D eigenvalue weighted by atomic mass is 10.4. The summed E-state index contributed by atoms with van der Waals surface area (Å²) in [7, 11) is 0. The van der Waals surface area contributed by atoms with E-state index in [4.69, 9.17) is 0 Å². The highest BCUT2D eigenvalue weighted by Gasteiger charge is 2.23. The van der Waals surface area contributed by atoms with Crippen molar-refractivity contribution in [2.24, 2.45) is 0 Å². The minimum atomic E-state index is -0.444. The molecule has 0 saturated carbocycles. The van der Waals surface area contributed by atoms with Crippen molar-refractivity contribution in [1.82, 2.24) is 19.4 Å². The fraction of sp³-hybridized carbons (Fsp3) is 0.182. The van der Waals surface area contributed by atoms with Gasteiger partial charge in [-0.15, -0.1) is 0 Å². The van der Waals surface area contributed by atoms with E-state index >= 15 is 0 Å². The number of imidazole rings is 1. The van der Waals surface area contributed by atoms with Crippen LogP contribution in [0.5, 0.6) is 0 Å². The monoisotopic (exact) mass is 290 g/mol. The lowest BCUT2D eigenvalue weighted by Crippen LogP contribution is -2.05. The van der Waals surface area contributed by atoms with E-state index < -0.39 is 4.92 Å². The first-order valence-electron chi connectivity index (χ1n) is 5.77. The van der Waals surface area contributed by atoms with Gasteiger partial charge in [-0.25, -0.2) is 9.97 Å². The molecule has 102 valence electrons. The second-order valence-corrected chi connectivity index (χ2v) is 4.92. The fourth-order valence-corrected chi connectivity index (χ4v) is 2.55. The van der Waals surface area contributed by atoms with Crippen molar-refractivity contribution in [2.45, 2.75) is 13.5 Å². The van der Waals surface area contributed by atoms with E-state index in [0.717, 1.165) is 5.69 Å². The van der Waals surface area contributed by atoms with Crippen LogP contribution in [0.2, 0.25) is 0 Å². The van der Waals surface area contributed by atoms with Gasteiger partial charge in [-0.05, 0) is 17.9 Å². The maximum atomic E-state index is 11.1. The molecule has 0 saturated heterocycles. The zero-order valence-electron chi connectivity index (χ0n) is 10.5. The molecule has 0 fully saturated rings. The van der Waals surface area contributed by atoms with Gasteiger partial charge >= 0.3 is 5.82 Å². The van der Waals surface area contributed by atoms with Gasteiger partial charge < -0.3 is 15.4 Å². The predicted molar refractivity (Wildman–Crippen MR) is 73.8 cm³/mol. The highest BCUT2D eigenvalue weighted by atomic mass is 32.1. The number of hydrogen-bond donors (Lipinski definition) is 1. The van der Waals surface area contributed by atoms with E-state index in [9.17, 15) is 10.1 Å². The zero-order valence-corrected chi connectivity index (χ0v) is 11.3. The van der Waals surface area contributed by atoms with Crippen molar-refractivity contribution < 1.29 is 4.92 Å². The number of thiazole rings is 1. The maximum absolute atomic E-state index is 11.1. The third-order valence-corrected chi connectivity index (χ3v) is 3.44. The number of aromatic nitrogens is 4. The van der Waals surface area contributed by atoms with Crippen LogP contribution in [0.15, 0.2) is 23.8 Å². The molecular formula is C11H10N6O2S. The number of fused-ring (bicyclic) bond motifs is 1. The van der Waals surface area contributed by atoms with E-state index in [1.54, 1.807) is 30.8 Å². The van der Waals surface area contributed by atoms with Crippen LogP contribution in [0.1, 0.15) is 11.5 Å². The van der Waals surface area contributed by atoms with Gasteiger partial charge in [0.25, 0.3) is 4.96 Å². The molecule has 0 spiro atoms. The van der Waals surface area contributed by atoms with Gasteiger partial charge in [0.05, 0.1) is 12.2 Å². The van der Waals surface area contributed by atoms with Gasteiger partial charge in [0.15, 0.2) is 0 Å². The third-order valence-electron chi connectivity index (χ3n) is 2.68. The number of nitrogens with zero attached hydrogens (tertiary/aromatic N) is 5. The van der Waals surface area contributed by atoms with Crippen LogP contribution in [0, 0.1) is 17.0 Å². The van der Waals surface area contributed by atoms with Crippen LogP contribution in [-0.4, -0.2) is 24.3 Å². The summed E-state index contributed by atoms with van der Waals surface area (Å²) in [4.78, 5) is 23.7. The summed E-state index contributed by atoms with van der Waals surface area (Å²) in [5.74, 6) is 0.842. The minimum Gasteiger partial charge on any atom is -0.358 e. The van der Waals surface area contributed by atoms with Gasteiger partial charge in [-0.1, -0.05) is 11.3 Å². The van der Waals surface area contributed by atoms with Gasteiger partial charge in [-0.2, -0.15) is 9.38 Å². The molecule has 0 aromatic carbocycles. The van der Waals surface area contributed by atoms with Crippen LogP contribution in [0.4, 0.5) is 11.6 Å². The predicted octanol–water partition coefficient (Wildman–Crippen LogP) is 2.01. The Hall–Kier alpha value is -2.55. The Balaban J connectivity index is 1.89. The van der Waals surface area contributed by atoms with Crippen LogP contribution in [-0.2, 0) is 6.54 Å². The Morgan fingerprint density at radius 2 is 2.35 bits per heavy atom. The Bertz CT molecular complexity index is 780. The molecule has 1 N–H and O–H groups in total. The lowest BCUT2D eigenvalue weighted by molar-refractivity contribution is -0.389. The number of nitrogens with one attached hydrogen (secondary N) is 1. The van der Waals surface area contributed by atoms with Gasteiger partial charge in [-0.3, -0.25) is 0 Å². The second kappa shape index (κ2) is 4.85. The Morgan fingerprint density at radius 1 is 1.50 bits per heavy atom. The Kier molecular flexibility index (Phi) is 3.03. The molecule has 3 aromatic heterocycles. The van der Waals surface area contributed by atoms with E-state index in [-0.39, 0.29) is 11.6 Å². The maximum Gasteiger partial charge on any atom is 0.372 e. The summed E-state index contributed by atoms with van der Waals surface area (Å²) in [6.07, 6.45) is 3.28. The summed E-state index contributed by atoms with van der Waals surface area (Å²) in [6.45, 7) is 2.15. The summed E-state index contributed by atoms with van der Waals surface area (Å²) >= 11 is 1.35. The SMILES string of the molecule is Cc1nccc(CNc2nc3sccn3c2[N+](=O)[O-])n1. The number of rotatable bonds is 4. The van der Waals surface area contributed by atoms with Crippen molar-refractivity contribution in [3.05, 3.63) is 45.5 Å². The summed E-state index contributed by atoms with van der Waals surface area (Å²) < 4.78 is 1.46. The molecule has 0 amide bonds. The van der Waals surface area contributed by atoms with Gasteiger partial charge in [0, 0.05) is 11.6 Å². The van der Waals surface area contributed by atoms with E-state index in [0.29, 0.717) is 17.3 Å². The van der Waals surface area contributed by atoms with Gasteiger partial charge in [0.1, 0.15) is 12.0 Å². The summed E-state index contributed by atoms with van der Waals surface area (Å²) in [5, 5.41) is 15.9. The Morgan fingerprint density at radius 3 is 3.10 bits per heavy atom. The number of hydrogen-bond acceptors (Lipinski definition) is 7. The smallest absolute Gasteiger partial charge is 0.358 e. The quantitative estimate of drug-likeness (QED) is 0.583. The fourth-order valence-electron chi connectivity index (χ4n) is 1.84. The molecule has 3 rings (SSSR count).